The first-order valence-electron chi connectivity index (χ1n) is 6.26. The van der Waals surface area contributed by atoms with Gasteiger partial charge in [-0.2, -0.15) is 0 Å². The van der Waals surface area contributed by atoms with Crippen LogP contribution in [0.3, 0.4) is 0 Å². The van der Waals surface area contributed by atoms with Crippen molar-refractivity contribution in [3.63, 3.8) is 0 Å². The summed E-state index contributed by atoms with van der Waals surface area (Å²) >= 11 is 5.32. The van der Waals surface area contributed by atoms with Gasteiger partial charge >= 0.3 is 0 Å². The van der Waals surface area contributed by atoms with E-state index in [9.17, 15) is 0 Å². The molecule has 0 unspecified atom stereocenters. The van der Waals surface area contributed by atoms with Crippen molar-refractivity contribution in [3.05, 3.63) is 35.9 Å². The Balaban J connectivity index is 2.16. The Morgan fingerprint density at radius 1 is 1.33 bits per heavy atom. The molecule has 0 heterocycles. The minimum Gasteiger partial charge on any atom is -0.385 e. The number of nitrogens with one attached hydrogen (secondary N) is 1. The average Bonchev–Trinajstić information content (AvgIpc) is 2.40. The van der Waals surface area contributed by atoms with E-state index < -0.39 is 0 Å². The molecule has 0 amide bonds. The molecule has 1 N–H and O–H groups in total. The summed E-state index contributed by atoms with van der Waals surface area (Å²) in [5, 5.41) is 4.08. The van der Waals surface area contributed by atoms with Crippen LogP contribution < -0.4 is 5.32 Å². The smallest absolute Gasteiger partial charge is 0.168 e. The van der Waals surface area contributed by atoms with Crippen LogP contribution in [0.1, 0.15) is 12.0 Å². The quantitative estimate of drug-likeness (QED) is 0.603. The second-order valence-electron chi connectivity index (χ2n) is 4.24. The number of benzene rings is 1. The van der Waals surface area contributed by atoms with Crippen LogP contribution in [0.4, 0.5) is 0 Å². The van der Waals surface area contributed by atoms with E-state index in [4.69, 9.17) is 17.0 Å². The fraction of sp³-hybridized carbons (Fsp3) is 0.500. The van der Waals surface area contributed by atoms with Gasteiger partial charge in [-0.25, -0.2) is 0 Å². The molecule has 0 aromatic heterocycles. The lowest BCUT2D eigenvalue weighted by molar-refractivity contribution is 0.188. The van der Waals surface area contributed by atoms with E-state index >= 15 is 0 Å². The molecule has 3 nitrogen and oxygen atoms in total. The first kappa shape index (κ1) is 14.9. The van der Waals surface area contributed by atoms with E-state index in [1.54, 1.807) is 7.11 Å². The number of ether oxygens (including phenoxy) is 1. The summed E-state index contributed by atoms with van der Waals surface area (Å²) in [5.74, 6) is 0. The molecule has 1 rings (SSSR count). The van der Waals surface area contributed by atoms with Crippen molar-refractivity contribution in [3.8, 4) is 0 Å². The van der Waals surface area contributed by atoms with Crippen LogP contribution in [0.5, 0.6) is 0 Å². The summed E-state index contributed by atoms with van der Waals surface area (Å²) in [5.41, 5.74) is 1.33. The number of hydrogen-bond acceptors (Lipinski definition) is 2. The van der Waals surface area contributed by atoms with Crippen molar-refractivity contribution in [2.75, 3.05) is 33.9 Å². The van der Waals surface area contributed by atoms with Gasteiger partial charge in [0.1, 0.15) is 0 Å². The highest BCUT2D eigenvalue weighted by atomic mass is 32.1. The number of thiocarbonyl (C=S) groups is 1. The Kier molecular flexibility index (Phi) is 7.37. The summed E-state index contributed by atoms with van der Waals surface area (Å²) in [6, 6.07) is 10.4. The van der Waals surface area contributed by atoms with E-state index in [0.29, 0.717) is 0 Å². The van der Waals surface area contributed by atoms with Crippen LogP contribution in [0.25, 0.3) is 0 Å². The number of nitrogens with zero attached hydrogens (tertiary/aromatic N) is 1. The second kappa shape index (κ2) is 8.89. The van der Waals surface area contributed by atoms with Crippen LogP contribution in [0.2, 0.25) is 0 Å². The summed E-state index contributed by atoms with van der Waals surface area (Å²) in [6.07, 6.45) is 1.99. The molecule has 4 heteroatoms. The van der Waals surface area contributed by atoms with Crippen molar-refractivity contribution >= 4 is 17.3 Å². The summed E-state index contributed by atoms with van der Waals surface area (Å²) in [6.45, 7) is 2.57. The zero-order valence-electron chi connectivity index (χ0n) is 11.2. The Bertz CT molecular complexity index is 343. The zero-order chi connectivity index (χ0) is 13.2. The van der Waals surface area contributed by atoms with Gasteiger partial charge in [0.25, 0.3) is 0 Å². The minimum atomic E-state index is 0.775. The highest BCUT2D eigenvalue weighted by molar-refractivity contribution is 7.80. The van der Waals surface area contributed by atoms with Gasteiger partial charge in [-0.15, -0.1) is 0 Å². The average molecular weight is 266 g/mol. The molecule has 0 saturated carbocycles. The van der Waals surface area contributed by atoms with Crippen LogP contribution in [-0.2, 0) is 11.2 Å². The fourth-order valence-electron chi connectivity index (χ4n) is 1.64. The van der Waals surface area contributed by atoms with Gasteiger partial charge in [0.05, 0.1) is 0 Å². The Morgan fingerprint density at radius 2 is 2.06 bits per heavy atom. The Hall–Kier alpha value is -1.13. The van der Waals surface area contributed by atoms with Gasteiger partial charge in [0.15, 0.2) is 5.11 Å². The molecule has 0 aliphatic heterocycles. The standard InChI is InChI=1S/C14H22N2OS/c1-16(11-6-12-17-2)14(18)15-10-9-13-7-4-3-5-8-13/h3-5,7-8H,6,9-12H2,1-2H3,(H,15,18). The van der Waals surface area contributed by atoms with Crippen molar-refractivity contribution < 1.29 is 4.74 Å². The molecular formula is C14H22N2OS. The maximum atomic E-state index is 5.32. The van der Waals surface area contributed by atoms with Crippen molar-refractivity contribution in [1.82, 2.24) is 10.2 Å². The molecule has 0 saturated heterocycles. The zero-order valence-corrected chi connectivity index (χ0v) is 12.0. The van der Waals surface area contributed by atoms with Gasteiger partial charge in [0, 0.05) is 33.9 Å². The van der Waals surface area contributed by atoms with Crippen molar-refractivity contribution in [1.29, 1.82) is 0 Å². The topological polar surface area (TPSA) is 24.5 Å². The number of methoxy groups -OCH3 is 1. The van der Waals surface area contributed by atoms with Crippen molar-refractivity contribution in [2.24, 2.45) is 0 Å². The predicted molar refractivity (Wildman–Crippen MR) is 79.9 cm³/mol. The molecule has 100 valence electrons. The van der Waals surface area contributed by atoms with Crippen LogP contribution in [0, 0.1) is 0 Å². The highest BCUT2D eigenvalue weighted by Crippen LogP contribution is 1.98. The summed E-state index contributed by atoms with van der Waals surface area (Å²) in [7, 11) is 3.73. The first-order valence-corrected chi connectivity index (χ1v) is 6.66. The molecule has 0 aliphatic rings. The third-order valence-electron chi connectivity index (χ3n) is 2.72. The highest BCUT2D eigenvalue weighted by Gasteiger charge is 2.02. The molecule has 0 radical (unpaired) electrons. The maximum Gasteiger partial charge on any atom is 0.168 e. The third kappa shape index (κ3) is 5.98. The fourth-order valence-corrected chi connectivity index (χ4v) is 1.83. The second-order valence-corrected chi connectivity index (χ2v) is 4.62. The van der Waals surface area contributed by atoms with E-state index in [1.165, 1.54) is 5.56 Å². The molecule has 18 heavy (non-hydrogen) atoms. The lowest BCUT2D eigenvalue weighted by atomic mass is 10.1. The van der Waals surface area contributed by atoms with E-state index in [1.807, 2.05) is 13.1 Å². The molecule has 1 aromatic carbocycles. The van der Waals surface area contributed by atoms with Crippen LogP contribution in [0.15, 0.2) is 30.3 Å². The van der Waals surface area contributed by atoms with Crippen LogP contribution >= 0.6 is 12.2 Å². The molecule has 1 aromatic rings. The van der Waals surface area contributed by atoms with Crippen LogP contribution in [-0.4, -0.2) is 43.9 Å². The van der Waals surface area contributed by atoms with Crippen molar-refractivity contribution in [2.45, 2.75) is 12.8 Å². The van der Waals surface area contributed by atoms with Gasteiger partial charge in [-0.3, -0.25) is 0 Å². The maximum absolute atomic E-state index is 5.32. The van der Waals surface area contributed by atoms with Gasteiger partial charge in [-0.1, -0.05) is 30.3 Å². The lowest BCUT2D eigenvalue weighted by Gasteiger charge is -2.20. The molecule has 0 atom stereocenters. The normalized spacial score (nSPS) is 10.1. The number of rotatable bonds is 7. The SMILES string of the molecule is COCCCN(C)C(=S)NCCc1ccccc1. The monoisotopic (exact) mass is 266 g/mol. The Morgan fingerprint density at radius 3 is 2.72 bits per heavy atom. The van der Waals surface area contributed by atoms with E-state index in [-0.39, 0.29) is 0 Å². The summed E-state index contributed by atoms with van der Waals surface area (Å²) in [4.78, 5) is 2.05. The largest absolute Gasteiger partial charge is 0.385 e. The van der Waals surface area contributed by atoms with E-state index in [2.05, 4.69) is 34.5 Å². The van der Waals surface area contributed by atoms with Gasteiger partial charge in [-0.05, 0) is 30.6 Å². The molecule has 0 spiro atoms. The first-order chi connectivity index (χ1) is 8.74. The summed E-state index contributed by atoms with van der Waals surface area (Å²) < 4.78 is 5.02. The molecule has 0 aliphatic carbocycles. The minimum absolute atomic E-state index is 0.775. The Labute approximate surface area is 115 Å². The molecular weight excluding hydrogens is 244 g/mol. The number of hydrogen-bond donors (Lipinski definition) is 1. The molecule has 0 bridgehead atoms. The van der Waals surface area contributed by atoms with Gasteiger partial charge < -0.3 is 15.0 Å². The lowest BCUT2D eigenvalue weighted by Crippen LogP contribution is -2.38. The third-order valence-corrected chi connectivity index (χ3v) is 3.18. The van der Waals surface area contributed by atoms with E-state index in [0.717, 1.165) is 37.7 Å². The predicted octanol–water partition coefficient (Wildman–Crippen LogP) is 2.07. The van der Waals surface area contributed by atoms with Gasteiger partial charge in [0.2, 0.25) is 0 Å². The molecule has 0 fully saturated rings.